The van der Waals surface area contributed by atoms with E-state index >= 15 is 0 Å². The van der Waals surface area contributed by atoms with E-state index in [1.165, 1.54) is 15.6 Å². The molecule has 1 heterocycles. The number of phenolic OH excluding ortho intramolecular Hbond substituents is 1. The zero-order chi connectivity index (χ0) is 16.2. The molecular formula is C19H23INO2-. The summed E-state index contributed by atoms with van der Waals surface area (Å²) in [5.41, 5.74) is 4.05. The third-order valence-electron chi connectivity index (χ3n) is 4.15. The summed E-state index contributed by atoms with van der Waals surface area (Å²) in [5, 5.41) is 9.70. The fourth-order valence-electron chi connectivity index (χ4n) is 2.67. The number of methoxy groups -OCH3 is 1. The van der Waals surface area contributed by atoms with Crippen molar-refractivity contribution < 1.29 is 31.0 Å². The molecule has 3 rings (SSSR count). The predicted octanol–water partition coefficient (Wildman–Crippen LogP) is 0.567. The third-order valence-corrected chi connectivity index (χ3v) is 6.63. The second kappa shape index (κ2) is 7.53. The number of phenols is 1. The van der Waals surface area contributed by atoms with Crippen LogP contribution in [0.4, 0.5) is 0 Å². The van der Waals surface area contributed by atoms with Crippen LogP contribution in [0.15, 0.2) is 42.5 Å². The van der Waals surface area contributed by atoms with Crippen molar-refractivity contribution in [1.82, 2.24) is 4.90 Å². The van der Waals surface area contributed by atoms with Gasteiger partial charge in [-0.25, -0.2) is 0 Å². The van der Waals surface area contributed by atoms with Crippen LogP contribution in [-0.4, -0.2) is 28.1 Å². The van der Waals surface area contributed by atoms with Gasteiger partial charge in [0.15, 0.2) is 0 Å². The number of aromatic hydroxyl groups is 1. The number of hydrogen-bond acceptors (Lipinski definition) is 3. The number of ether oxygens (including phenoxy) is 1. The normalized spacial score (nSPS) is 16.9. The second-order valence-corrected chi connectivity index (χ2v) is 9.09. The summed E-state index contributed by atoms with van der Waals surface area (Å²) in [6.45, 7) is 4.96. The molecule has 1 N–H and O–H groups in total. The molecule has 0 saturated carbocycles. The summed E-state index contributed by atoms with van der Waals surface area (Å²) in [6, 6.07) is 14.7. The Morgan fingerprint density at radius 3 is 2.39 bits per heavy atom. The van der Waals surface area contributed by atoms with Crippen molar-refractivity contribution in [3.8, 4) is 11.5 Å². The molecule has 0 amide bonds. The van der Waals surface area contributed by atoms with E-state index in [-0.39, 0.29) is 5.75 Å². The Morgan fingerprint density at radius 1 is 1.13 bits per heavy atom. The Hall–Kier alpha value is -1.27. The van der Waals surface area contributed by atoms with Crippen LogP contribution in [0.1, 0.15) is 27.5 Å². The van der Waals surface area contributed by atoms with E-state index in [0.29, 0.717) is 27.0 Å². The molecule has 1 aliphatic rings. The quantitative estimate of drug-likeness (QED) is 0.521. The van der Waals surface area contributed by atoms with E-state index in [9.17, 15) is 5.11 Å². The first-order valence-corrected chi connectivity index (χ1v) is 10.7. The Labute approximate surface area is 148 Å². The van der Waals surface area contributed by atoms with Gasteiger partial charge < -0.3 is 5.11 Å². The van der Waals surface area contributed by atoms with Crippen molar-refractivity contribution in [3.05, 3.63) is 59.2 Å². The van der Waals surface area contributed by atoms with Gasteiger partial charge in [0.05, 0.1) is 7.11 Å². The van der Waals surface area contributed by atoms with E-state index in [4.69, 9.17) is 4.74 Å². The maximum absolute atomic E-state index is 9.70. The molecule has 124 valence electrons. The van der Waals surface area contributed by atoms with Crippen LogP contribution in [0.3, 0.4) is 0 Å². The predicted molar refractivity (Wildman–Crippen MR) is 88.5 cm³/mol. The first-order chi connectivity index (χ1) is 11.2. The molecule has 0 aromatic heterocycles. The van der Waals surface area contributed by atoms with Crippen LogP contribution < -0.4 is 25.9 Å². The minimum atomic E-state index is 0.192. The Kier molecular flexibility index (Phi) is 5.43. The van der Waals surface area contributed by atoms with Crippen molar-refractivity contribution in [2.75, 3.05) is 18.1 Å². The van der Waals surface area contributed by atoms with Crippen molar-refractivity contribution in [2.45, 2.75) is 23.9 Å². The molecule has 23 heavy (non-hydrogen) atoms. The molecule has 1 saturated heterocycles. The van der Waals surface area contributed by atoms with Gasteiger partial charge in [-0.1, -0.05) is 0 Å². The van der Waals surface area contributed by atoms with Crippen molar-refractivity contribution in [2.24, 2.45) is 0 Å². The summed E-state index contributed by atoms with van der Waals surface area (Å²) < 4.78 is 7.58. The van der Waals surface area contributed by atoms with Gasteiger partial charge in [0.25, 0.3) is 0 Å². The molecule has 1 aliphatic heterocycles. The average Bonchev–Trinajstić information content (AvgIpc) is 3.41. The van der Waals surface area contributed by atoms with Crippen LogP contribution in [0.5, 0.6) is 11.5 Å². The van der Waals surface area contributed by atoms with E-state index in [0.717, 1.165) is 29.1 Å². The van der Waals surface area contributed by atoms with Gasteiger partial charge in [-0.2, -0.15) is 0 Å². The van der Waals surface area contributed by atoms with Gasteiger partial charge in [0.1, 0.15) is 0 Å². The first-order valence-electron chi connectivity index (χ1n) is 7.94. The fourth-order valence-corrected chi connectivity index (χ4v) is 4.36. The van der Waals surface area contributed by atoms with Crippen LogP contribution in [-0.2, 0) is 13.1 Å². The van der Waals surface area contributed by atoms with Crippen LogP contribution in [0, 0.1) is 0 Å². The van der Waals surface area contributed by atoms with Gasteiger partial charge in [-0.05, 0) is 0 Å². The zero-order valence-electron chi connectivity index (χ0n) is 13.6. The van der Waals surface area contributed by atoms with E-state index in [1.54, 1.807) is 13.2 Å². The van der Waals surface area contributed by atoms with Gasteiger partial charge in [-0.15, -0.1) is 0 Å². The summed E-state index contributed by atoms with van der Waals surface area (Å²) in [7, 11) is 1.58. The standard InChI is InChI=1S/C19H23INO2/c1-3-21(13-15-6-9-18(22)19(10-15)23-2)12-14-4-7-16(8-5-14)17-11-20-17/h4-10,17,22H,3,11-13H2,1-2H3/q-1. The van der Waals surface area contributed by atoms with E-state index < -0.39 is 0 Å². The molecule has 1 unspecified atom stereocenters. The monoisotopic (exact) mass is 424 g/mol. The van der Waals surface area contributed by atoms with E-state index in [2.05, 4.69) is 36.1 Å². The molecular weight excluding hydrogens is 401 g/mol. The molecule has 1 fully saturated rings. The topological polar surface area (TPSA) is 32.7 Å². The first kappa shape index (κ1) is 16.6. The number of halogens is 1. The second-order valence-electron chi connectivity index (χ2n) is 5.83. The van der Waals surface area contributed by atoms with Gasteiger partial charge in [-0.3, -0.25) is 0 Å². The maximum atomic E-state index is 9.70. The van der Waals surface area contributed by atoms with Gasteiger partial charge in [0, 0.05) is 0 Å². The van der Waals surface area contributed by atoms with Crippen molar-refractivity contribution >= 4 is 0 Å². The number of alkyl halides is 2. The summed E-state index contributed by atoms with van der Waals surface area (Å²) >= 11 is 0.480. The molecule has 4 heteroatoms. The van der Waals surface area contributed by atoms with Gasteiger partial charge in [0.2, 0.25) is 0 Å². The molecule has 0 spiro atoms. The van der Waals surface area contributed by atoms with E-state index in [1.807, 2.05) is 12.1 Å². The third kappa shape index (κ3) is 4.38. The SMILES string of the molecule is CCN(Cc1ccc(C2C[I-]2)cc1)Cc1ccc(O)c(OC)c1. The number of rotatable bonds is 7. The number of nitrogens with zero attached hydrogens (tertiary/aromatic N) is 1. The minimum absolute atomic E-state index is 0.192. The Balaban J connectivity index is 1.65. The van der Waals surface area contributed by atoms with Crippen LogP contribution in [0.2, 0.25) is 0 Å². The molecule has 2 aromatic rings. The fraction of sp³-hybridized carbons (Fsp3) is 0.368. The van der Waals surface area contributed by atoms with Crippen LogP contribution >= 0.6 is 0 Å². The molecule has 3 nitrogen and oxygen atoms in total. The average molecular weight is 424 g/mol. The summed E-state index contributed by atoms with van der Waals surface area (Å²) in [5.74, 6) is 0.730. The van der Waals surface area contributed by atoms with Crippen molar-refractivity contribution in [3.63, 3.8) is 0 Å². The van der Waals surface area contributed by atoms with Gasteiger partial charge >= 0.3 is 136 Å². The molecule has 0 radical (unpaired) electrons. The molecule has 0 bridgehead atoms. The molecule has 1 atom stereocenters. The number of hydrogen-bond donors (Lipinski definition) is 1. The zero-order valence-corrected chi connectivity index (χ0v) is 15.8. The summed E-state index contributed by atoms with van der Waals surface area (Å²) in [6.07, 6.45) is 0. The van der Waals surface area contributed by atoms with Crippen LogP contribution in [0.25, 0.3) is 0 Å². The molecule has 2 aromatic carbocycles. The summed E-state index contributed by atoms with van der Waals surface area (Å²) in [4.78, 5) is 2.39. The number of benzene rings is 2. The Bertz CT molecular complexity index is 653. The van der Waals surface area contributed by atoms with Crippen molar-refractivity contribution in [1.29, 1.82) is 0 Å². The Morgan fingerprint density at radius 2 is 1.78 bits per heavy atom. The molecule has 0 aliphatic carbocycles.